The average Bonchev–Trinajstić information content (AvgIpc) is 1.87. The first-order valence-corrected chi connectivity index (χ1v) is 4.84. The summed E-state index contributed by atoms with van der Waals surface area (Å²) >= 11 is -0.781. The first-order valence-electron chi connectivity index (χ1n) is 2.68. The SMILES string of the molecule is C=CCSCCOS(=O)[O-]. The second-order valence-electron chi connectivity index (χ2n) is 1.39. The summed E-state index contributed by atoms with van der Waals surface area (Å²) in [5.41, 5.74) is 0. The Labute approximate surface area is 67.3 Å². The van der Waals surface area contributed by atoms with Crippen LogP contribution in [0.4, 0.5) is 0 Å². The van der Waals surface area contributed by atoms with E-state index in [1.54, 1.807) is 17.8 Å². The van der Waals surface area contributed by atoms with E-state index in [4.69, 9.17) is 0 Å². The van der Waals surface area contributed by atoms with Crippen molar-refractivity contribution in [1.29, 1.82) is 0 Å². The van der Waals surface area contributed by atoms with Gasteiger partial charge in [0.05, 0.1) is 18.0 Å². The Morgan fingerprint density at radius 1 is 1.80 bits per heavy atom. The van der Waals surface area contributed by atoms with Crippen LogP contribution in [0.3, 0.4) is 0 Å². The Morgan fingerprint density at radius 2 is 2.50 bits per heavy atom. The van der Waals surface area contributed by atoms with E-state index < -0.39 is 11.4 Å². The van der Waals surface area contributed by atoms with Gasteiger partial charge in [-0.15, -0.1) is 6.58 Å². The van der Waals surface area contributed by atoms with E-state index in [1.165, 1.54) is 0 Å². The molecule has 0 amide bonds. The molecule has 1 atom stereocenters. The van der Waals surface area contributed by atoms with Crippen molar-refractivity contribution >= 4 is 23.1 Å². The predicted molar refractivity (Wildman–Crippen MR) is 42.4 cm³/mol. The molecular formula is C5H9O3S2-. The van der Waals surface area contributed by atoms with Crippen LogP contribution in [0, 0.1) is 0 Å². The van der Waals surface area contributed by atoms with Crippen LogP contribution in [0.15, 0.2) is 12.7 Å². The normalized spacial score (nSPS) is 12.9. The lowest BCUT2D eigenvalue weighted by Gasteiger charge is -2.03. The van der Waals surface area contributed by atoms with Gasteiger partial charge in [-0.2, -0.15) is 11.8 Å². The molecule has 0 saturated heterocycles. The van der Waals surface area contributed by atoms with Crippen LogP contribution in [0.2, 0.25) is 0 Å². The van der Waals surface area contributed by atoms with Gasteiger partial charge in [-0.05, 0) is 0 Å². The lowest BCUT2D eigenvalue weighted by molar-refractivity contribution is 0.320. The molecule has 0 fully saturated rings. The highest BCUT2D eigenvalue weighted by molar-refractivity contribution is 7.99. The lowest BCUT2D eigenvalue weighted by atomic mass is 10.8. The minimum atomic E-state index is -2.36. The molecule has 0 heterocycles. The van der Waals surface area contributed by atoms with Crippen molar-refractivity contribution in [2.24, 2.45) is 0 Å². The predicted octanol–water partition coefficient (Wildman–Crippen LogP) is 0.716. The van der Waals surface area contributed by atoms with Gasteiger partial charge in [0.15, 0.2) is 0 Å². The molecule has 5 heteroatoms. The van der Waals surface area contributed by atoms with E-state index in [9.17, 15) is 8.76 Å². The molecule has 60 valence electrons. The van der Waals surface area contributed by atoms with E-state index in [2.05, 4.69) is 10.8 Å². The minimum absolute atomic E-state index is 0.245. The van der Waals surface area contributed by atoms with Crippen LogP contribution in [-0.2, 0) is 15.5 Å². The van der Waals surface area contributed by atoms with E-state index in [-0.39, 0.29) is 6.61 Å². The zero-order valence-corrected chi connectivity index (χ0v) is 7.08. The zero-order chi connectivity index (χ0) is 7.82. The maximum Gasteiger partial charge on any atom is 0.0842 e. The second-order valence-corrected chi connectivity index (χ2v) is 3.18. The van der Waals surface area contributed by atoms with Crippen LogP contribution < -0.4 is 0 Å². The topological polar surface area (TPSA) is 49.4 Å². The first-order chi connectivity index (χ1) is 4.77. The summed E-state index contributed by atoms with van der Waals surface area (Å²) in [5.74, 6) is 1.51. The second kappa shape index (κ2) is 7.27. The van der Waals surface area contributed by atoms with Crippen LogP contribution in [0.1, 0.15) is 0 Å². The zero-order valence-electron chi connectivity index (χ0n) is 5.45. The molecule has 0 N–H and O–H groups in total. The molecule has 0 aliphatic carbocycles. The smallest absolute Gasteiger partial charge is 0.0842 e. The summed E-state index contributed by atoms with van der Waals surface area (Å²) in [6.07, 6.45) is 1.76. The Balaban J connectivity index is 2.90. The van der Waals surface area contributed by atoms with Gasteiger partial charge in [-0.25, -0.2) is 4.21 Å². The van der Waals surface area contributed by atoms with Gasteiger partial charge in [0.25, 0.3) is 0 Å². The van der Waals surface area contributed by atoms with Crippen LogP contribution in [0.5, 0.6) is 0 Å². The fourth-order valence-corrected chi connectivity index (χ4v) is 1.19. The van der Waals surface area contributed by atoms with E-state index in [0.29, 0.717) is 5.75 Å². The maximum absolute atomic E-state index is 9.78. The average molecular weight is 181 g/mol. The van der Waals surface area contributed by atoms with E-state index in [0.717, 1.165) is 5.75 Å². The van der Waals surface area contributed by atoms with Gasteiger partial charge < -0.3 is 4.55 Å². The highest BCUT2D eigenvalue weighted by Gasteiger charge is 1.86. The van der Waals surface area contributed by atoms with E-state index in [1.807, 2.05) is 0 Å². The molecule has 0 rings (SSSR count). The fourth-order valence-electron chi connectivity index (χ4n) is 0.328. The highest BCUT2D eigenvalue weighted by atomic mass is 32.2. The number of hydrogen-bond donors (Lipinski definition) is 0. The quantitative estimate of drug-likeness (QED) is 0.344. The van der Waals surface area contributed by atoms with Crippen LogP contribution >= 0.6 is 11.8 Å². The molecular weight excluding hydrogens is 172 g/mol. The third-order valence-corrected chi connectivity index (χ3v) is 1.93. The lowest BCUT2D eigenvalue weighted by Crippen LogP contribution is -1.99. The molecule has 0 spiro atoms. The van der Waals surface area contributed by atoms with Gasteiger partial charge in [0.2, 0.25) is 0 Å². The molecule has 0 aromatic carbocycles. The Hall–Kier alpha value is 0.160. The molecule has 0 aromatic rings. The Bertz CT molecular complexity index is 115. The third kappa shape index (κ3) is 8.16. The third-order valence-electron chi connectivity index (χ3n) is 0.643. The summed E-state index contributed by atoms with van der Waals surface area (Å²) < 4.78 is 23.8. The van der Waals surface area contributed by atoms with Crippen molar-refractivity contribution in [1.82, 2.24) is 0 Å². The van der Waals surface area contributed by atoms with Crippen molar-refractivity contribution < 1.29 is 12.9 Å². The summed E-state index contributed by atoms with van der Waals surface area (Å²) in [5, 5.41) is 0. The van der Waals surface area contributed by atoms with Gasteiger partial charge in [0.1, 0.15) is 0 Å². The van der Waals surface area contributed by atoms with Gasteiger partial charge in [-0.1, -0.05) is 6.08 Å². The molecule has 3 nitrogen and oxygen atoms in total. The van der Waals surface area contributed by atoms with Gasteiger partial charge >= 0.3 is 0 Å². The summed E-state index contributed by atoms with van der Waals surface area (Å²) in [4.78, 5) is 0. The van der Waals surface area contributed by atoms with Crippen molar-refractivity contribution in [3.63, 3.8) is 0 Å². The molecule has 0 aromatic heterocycles. The largest absolute Gasteiger partial charge is 0.750 e. The van der Waals surface area contributed by atoms with E-state index >= 15 is 0 Å². The van der Waals surface area contributed by atoms with Crippen molar-refractivity contribution in [3.8, 4) is 0 Å². The summed E-state index contributed by atoms with van der Waals surface area (Å²) in [6.45, 7) is 3.75. The molecule has 0 aliphatic rings. The molecule has 10 heavy (non-hydrogen) atoms. The van der Waals surface area contributed by atoms with Crippen molar-refractivity contribution in [3.05, 3.63) is 12.7 Å². The number of hydrogen-bond acceptors (Lipinski definition) is 4. The molecule has 0 saturated carbocycles. The van der Waals surface area contributed by atoms with Crippen LogP contribution in [0.25, 0.3) is 0 Å². The first kappa shape index (κ1) is 10.2. The molecule has 0 radical (unpaired) electrons. The monoisotopic (exact) mass is 181 g/mol. The Morgan fingerprint density at radius 3 is 3.00 bits per heavy atom. The number of rotatable bonds is 6. The molecule has 1 unspecified atom stereocenters. The number of thioether (sulfide) groups is 1. The van der Waals surface area contributed by atoms with Crippen molar-refractivity contribution in [2.45, 2.75) is 0 Å². The van der Waals surface area contributed by atoms with Gasteiger partial charge in [0, 0.05) is 11.5 Å². The summed E-state index contributed by atoms with van der Waals surface area (Å²) in [7, 11) is 0. The minimum Gasteiger partial charge on any atom is -0.750 e. The van der Waals surface area contributed by atoms with Crippen molar-refractivity contribution in [2.75, 3.05) is 18.1 Å². The van der Waals surface area contributed by atoms with Crippen LogP contribution in [-0.4, -0.2) is 26.9 Å². The molecule has 0 aliphatic heterocycles. The molecule has 0 bridgehead atoms. The highest BCUT2D eigenvalue weighted by Crippen LogP contribution is 1.98. The van der Waals surface area contributed by atoms with Gasteiger partial charge in [-0.3, -0.25) is 4.18 Å². The maximum atomic E-state index is 9.78. The Kier molecular flexibility index (Phi) is 7.39. The fraction of sp³-hybridized carbons (Fsp3) is 0.600. The standard InChI is InChI=1S/C5H10O3S2/c1-2-4-9-5-3-8-10(6)7/h2H,1,3-5H2,(H,6,7)/p-1. The summed E-state index contributed by atoms with van der Waals surface area (Å²) in [6, 6.07) is 0.